The van der Waals surface area contributed by atoms with E-state index < -0.39 is 28.8 Å². The lowest BCUT2D eigenvalue weighted by molar-refractivity contribution is -0.138. The second-order valence-corrected chi connectivity index (χ2v) is 7.15. The van der Waals surface area contributed by atoms with Crippen LogP contribution in [0.5, 0.6) is 0 Å². The Morgan fingerprint density at radius 1 is 1.28 bits per heavy atom. The monoisotopic (exact) mass is 401 g/mol. The fourth-order valence-corrected chi connectivity index (χ4v) is 3.17. The number of aromatic nitrogens is 2. The van der Waals surface area contributed by atoms with E-state index in [0.29, 0.717) is 0 Å². The number of benzene rings is 2. The third kappa shape index (κ3) is 4.15. The maximum absolute atomic E-state index is 13.1. The molecule has 0 bridgehead atoms. The molecule has 0 fully saturated rings. The maximum Gasteiger partial charge on any atom is 0.407 e. The number of halogens is 3. The highest BCUT2D eigenvalue weighted by Gasteiger charge is 2.35. The van der Waals surface area contributed by atoms with Gasteiger partial charge in [-0.25, -0.2) is 9.83 Å². The van der Waals surface area contributed by atoms with Gasteiger partial charge in [0.05, 0.1) is 36.0 Å². The van der Waals surface area contributed by atoms with Crippen molar-refractivity contribution in [3.8, 4) is 0 Å². The number of rotatable bonds is 5. The van der Waals surface area contributed by atoms with Crippen molar-refractivity contribution in [2.45, 2.75) is 38.6 Å². The van der Waals surface area contributed by atoms with Gasteiger partial charge in [0.25, 0.3) is 0 Å². The summed E-state index contributed by atoms with van der Waals surface area (Å²) < 4.78 is 41.0. The Kier molecular flexibility index (Phi) is 5.20. The van der Waals surface area contributed by atoms with Crippen LogP contribution in [-0.2, 0) is 23.9 Å². The number of para-hydroxylation sites is 1. The van der Waals surface area contributed by atoms with E-state index in [1.54, 1.807) is 4.57 Å². The Balaban J connectivity index is 1.84. The summed E-state index contributed by atoms with van der Waals surface area (Å²) >= 11 is 0. The second-order valence-electron chi connectivity index (χ2n) is 7.15. The molecule has 0 aliphatic carbocycles. The fraction of sp³-hybridized carbons (Fsp3) is 0.286. The van der Waals surface area contributed by atoms with Crippen LogP contribution in [0.25, 0.3) is 15.9 Å². The number of Topliss-reactive ketones (excluding diaryl/α,β-unsaturated/α-hetero) is 1. The van der Waals surface area contributed by atoms with E-state index in [-0.39, 0.29) is 18.5 Å². The molecule has 0 radical (unpaired) electrons. The fourth-order valence-electron chi connectivity index (χ4n) is 3.17. The number of aliphatic hydroxyl groups is 1. The Labute approximate surface area is 165 Å². The molecule has 1 atom stereocenters. The molecule has 0 spiro atoms. The van der Waals surface area contributed by atoms with Crippen LogP contribution in [0.4, 0.5) is 18.9 Å². The molecular formula is C21H18F3N3O2. The molecule has 8 heteroatoms. The van der Waals surface area contributed by atoms with Gasteiger partial charge in [-0.3, -0.25) is 4.79 Å². The van der Waals surface area contributed by atoms with E-state index in [2.05, 4.69) is 9.83 Å². The Morgan fingerprint density at radius 2 is 2.00 bits per heavy atom. The van der Waals surface area contributed by atoms with Crippen molar-refractivity contribution in [1.82, 2.24) is 9.55 Å². The molecule has 3 rings (SSSR count). The first kappa shape index (κ1) is 20.6. The molecule has 2 aromatic carbocycles. The summed E-state index contributed by atoms with van der Waals surface area (Å²) in [6, 6.07) is 8.68. The van der Waals surface area contributed by atoms with Gasteiger partial charge < -0.3 is 9.67 Å². The van der Waals surface area contributed by atoms with Crippen LogP contribution in [0.2, 0.25) is 0 Å². The van der Waals surface area contributed by atoms with E-state index in [0.717, 1.165) is 28.7 Å². The smallest absolute Gasteiger partial charge is 0.380 e. The topological polar surface area (TPSA) is 59.5 Å². The maximum atomic E-state index is 13.1. The SMILES string of the molecule is [C-]#[N+]c1ccc(CC(=O)[C@@](C)(O)Cn2cnc3c(C)cccc32)cc1C(F)(F)F. The molecule has 1 heterocycles. The van der Waals surface area contributed by atoms with Gasteiger partial charge in [-0.05, 0) is 31.0 Å². The molecule has 1 aromatic heterocycles. The highest BCUT2D eigenvalue weighted by molar-refractivity contribution is 5.89. The van der Waals surface area contributed by atoms with Gasteiger partial charge in [0, 0.05) is 6.42 Å². The molecule has 1 N–H and O–H groups in total. The molecule has 0 unspecified atom stereocenters. The molecule has 3 aromatic rings. The predicted octanol–water partition coefficient (Wildman–Crippen LogP) is 4.48. The van der Waals surface area contributed by atoms with Crippen LogP contribution < -0.4 is 0 Å². The molecule has 5 nitrogen and oxygen atoms in total. The van der Waals surface area contributed by atoms with Crippen LogP contribution in [0.15, 0.2) is 42.7 Å². The Hall–Kier alpha value is -3.18. The third-order valence-corrected chi connectivity index (χ3v) is 4.78. The Morgan fingerprint density at radius 3 is 2.66 bits per heavy atom. The minimum Gasteiger partial charge on any atom is -0.380 e. The molecular weight excluding hydrogens is 383 g/mol. The van der Waals surface area contributed by atoms with Gasteiger partial charge in [-0.1, -0.05) is 30.3 Å². The number of carbonyl (C=O) groups is 1. The molecule has 150 valence electrons. The molecule has 0 aliphatic rings. The number of alkyl halides is 3. The zero-order valence-electron chi connectivity index (χ0n) is 15.8. The number of ketones is 1. The number of hydrogen-bond donors (Lipinski definition) is 1. The van der Waals surface area contributed by atoms with Crippen LogP contribution in [0.3, 0.4) is 0 Å². The molecule has 0 saturated carbocycles. The summed E-state index contributed by atoms with van der Waals surface area (Å²) in [5, 5.41) is 10.7. The van der Waals surface area contributed by atoms with Crippen molar-refractivity contribution in [1.29, 1.82) is 0 Å². The average Bonchev–Trinajstić information content (AvgIpc) is 3.04. The molecule has 29 heavy (non-hydrogen) atoms. The first-order valence-corrected chi connectivity index (χ1v) is 8.76. The summed E-state index contributed by atoms with van der Waals surface area (Å²) in [7, 11) is 0. The van der Waals surface area contributed by atoms with Crippen molar-refractivity contribution in [2.24, 2.45) is 0 Å². The van der Waals surface area contributed by atoms with E-state index >= 15 is 0 Å². The lowest BCUT2D eigenvalue weighted by Gasteiger charge is -2.23. The first-order valence-electron chi connectivity index (χ1n) is 8.76. The summed E-state index contributed by atoms with van der Waals surface area (Å²) in [6.45, 7) is 10.0. The zero-order chi connectivity index (χ0) is 21.4. The molecule has 0 amide bonds. The lowest BCUT2D eigenvalue weighted by atomic mass is 9.94. The van der Waals surface area contributed by atoms with E-state index in [9.17, 15) is 23.1 Å². The summed E-state index contributed by atoms with van der Waals surface area (Å²) in [6.07, 6.45) is -3.57. The number of aryl methyl sites for hydroxylation is 1. The van der Waals surface area contributed by atoms with Gasteiger partial charge in [0.2, 0.25) is 0 Å². The van der Waals surface area contributed by atoms with Crippen LogP contribution in [0, 0.1) is 13.5 Å². The van der Waals surface area contributed by atoms with Crippen molar-refractivity contribution in [3.05, 3.63) is 70.8 Å². The van der Waals surface area contributed by atoms with Gasteiger partial charge in [-0.15, -0.1) is 0 Å². The number of carbonyl (C=O) groups excluding carboxylic acids is 1. The first-order chi connectivity index (χ1) is 13.5. The van der Waals surface area contributed by atoms with E-state index in [1.807, 2.05) is 25.1 Å². The number of hydrogen-bond acceptors (Lipinski definition) is 3. The van der Waals surface area contributed by atoms with Crippen molar-refractivity contribution >= 4 is 22.5 Å². The normalized spacial score (nSPS) is 13.8. The summed E-state index contributed by atoms with van der Waals surface area (Å²) in [5.41, 5.74) is -0.893. The number of fused-ring (bicyclic) bond motifs is 1. The van der Waals surface area contributed by atoms with E-state index in [4.69, 9.17) is 6.57 Å². The number of nitrogens with zero attached hydrogens (tertiary/aromatic N) is 3. The molecule has 0 aliphatic heterocycles. The lowest BCUT2D eigenvalue weighted by Crippen LogP contribution is -2.40. The van der Waals surface area contributed by atoms with Crippen molar-refractivity contribution < 1.29 is 23.1 Å². The highest BCUT2D eigenvalue weighted by atomic mass is 19.4. The minimum absolute atomic E-state index is 0.0846. The van der Waals surface area contributed by atoms with Crippen LogP contribution >= 0.6 is 0 Å². The Bertz CT molecular complexity index is 1120. The van der Waals surface area contributed by atoms with Gasteiger partial charge >= 0.3 is 6.18 Å². The number of imidazole rings is 1. The predicted molar refractivity (Wildman–Crippen MR) is 102 cm³/mol. The minimum atomic E-state index is -4.70. The van der Waals surface area contributed by atoms with Gasteiger partial charge in [0.15, 0.2) is 11.5 Å². The van der Waals surface area contributed by atoms with Gasteiger partial charge in [-0.2, -0.15) is 13.2 Å². The average molecular weight is 401 g/mol. The quantitative estimate of drug-likeness (QED) is 0.642. The summed E-state index contributed by atoms with van der Waals surface area (Å²) in [4.78, 5) is 19.8. The standard InChI is InChI=1S/C21H18F3N3O2/c1-13-5-4-6-17-19(13)26-12-27(17)11-20(2,29)18(28)10-14-7-8-16(25-3)15(9-14)21(22,23)24/h4-9,12,29H,10-11H2,1-2H3/t20-/m0/s1. The van der Waals surface area contributed by atoms with Crippen LogP contribution in [-0.4, -0.2) is 26.0 Å². The largest absolute Gasteiger partial charge is 0.407 e. The molecule has 0 saturated heterocycles. The van der Waals surface area contributed by atoms with Crippen molar-refractivity contribution in [2.75, 3.05) is 0 Å². The zero-order valence-corrected chi connectivity index (χ0v) is 15.8. The van der Waals surface area contributed by atoms with Gasteiger partial charge in [0.1, 0.15) is 5.60 Å². The highest BCUT2D eigenvalue weighted by Crippen LogP contribution is 2.37. The third-order valence-electron chi connectivity index (χ3n) is 4.78. The second kappa shape index (κ2) is 7.33. The van der Waals surface area contributed by atoms with E-state index in [1.165, 1.54) is 19.3 Å². The van der Waals surface area contributed by atoms with Crippen molar-refractivity contribution in [3.63, 3.8) is 0 Å². The van der Waals surface area contributed by atoms with Crippen LogP contribution in [0.1, 0.15) is 23.6 Å². The summed E-state index contributed by atoms with van der Waals surface area (Å²) in [5.74, 6) is -0.629.